The smallest absolute Gasteiger partial charge is 0.258 e. The highest BCUT2D eigenvalue weighted by Crippen LogP contribution is 2.27. The summed E-state index contributed by atoms with van der Waals surface area (Å²) < 4.78 is 10.9. The van der Waals surface area contributed by atoms with Gasteiger partial charge in [0.15, 0.2) is 0 Å². The molecule has 0 unspecified atom stereocenters. The zero-order chi connectivity index (χ0) is 14.5. The summed E-state index contributed by atoms with van der Waals surface area (Å²) in [5.74, 6) is 1.43. The van der Waals surface area contributed by atoms with Crippen LogP contribution < -0.4 is 9.47 Å². The van der Waals surface area contributed by atoms with Crippen molar-refractivity contribution in [1.29, 1.82) is 0 Å². The third-order valence-electron chi connectivity index (χ3n) is 2.64. The summed E-state index contributed by atoms with van der Waals surface area (Å²) in [6, 6.07) is 12.1. The number of ether oxygens (including phenoxy) is 2. The van der Waals surface area contributed by atoms with E-state index in [1.807, 2.05) is 0 Å². The second kappa shape index (κ2) is 6.56. The molecule has 0 N–H and O–H groups in total. The van der Waals surface area contributed by atoms with Crippen molar-refractivity contribution in [2.75, 3.05) is 14.2 Å². The van der Waals surface area contributed by atoms with E-state index in [-0.39, 0.29) is 0 Å². The van der Waals surface area contributed by atoms with E-state index in [2.05, 4.69) is 27.7 Å². The Labute approximate surface area is 130 Å². The van der Waals surface area contributed by atoms with Crippen molar-refractivity contribution in [3.05, 3.63) is 51.2 Å². The van der Waals surface area contributed by atoms with Crippen molar-refractivity contribution in [2.45, 2.75) is 0 Å². The Balaban J connectivity index is 2.29. The first-order chi connectivity index (χ1) is 9.63. The molecule has 0 aliphatic carbocycles. The first-order valence-corrected chi connectivity index (χ1v) is 6.88. The Bertz CT molecular complexity index is 627. The molecule has 0 radical (unpaired) electrons. The van der Waals surface area contributed by atoms with Crippen LogP contribution in [0.25, 0.3) is 0 Å². The van der Waals surface area contributed by atoms with E-state index >= 15 is 0 Å². The number of hydrogen-bond acceptors (Lipinski definition) is 4. The minimum absolute atomic E-state index is 0.474. The summed E-state index contributed by atoms with van der Waals surface area (Å²) in [4.78, 5) is 0.600. The number of nitrogens with zero attached hydrogens (tertiary/aromatic N) is 2. The lowest BCUT2D eigenvalue weighted by Crippen LogP contribution is -1.94. The summed E-state index contributed by atoms with van der Waals surface area (Å²) in [6.07, 6.45) is 0. The van der Waals surface area contributed by atoms with Gasteiger partial charge in [0.2, 0.25) is 0 Å². The minimum atomic E-state index is 0.474. The van der Waals surface area contributed by atoms with Crippen molar-refractivity contribution < 1.29 is 14.3 Å². The van der Waals surface area contributed by atoms with Crippen LogP contribution >= 0.6 is 22.6 Å². The molecular weight excluding hydrogens is 371 g/mol. The standard InChI is InChI=1S/C14H13IN2O3/c1-19-11-5-3-10(4-6-11)16-17(18)14-8-7-12(20-2)9-13(14)15/h3-9H,1-2H3. The average molecular weight is 384 g/mol. The minimum Gasteiger partial charge on any atom is -0.594 e. The number of hydrogen-bond donors (Lipinski definition) is 0. The molecule has 6 heteroatoms. The van der Waals surface area contributed by atoms with Crippen molar-refractivity contribution in [3.8, 4) is 11.5 Å². The van der Waals surface area contributed by atoms with Gasteiger partial charge in [0, 0.05) is 17.2 Å². The Morgan fingerprint density at radius 2 is 1.60 bits per heavy atom. The lowest BCUT2D eigenvalue weighted by molar-refractivity contribution is -0.436. The first-order valence-electron chi connectivity index (χ1n) is 5.80. The molecule has 0 fully saturated rings. The van der Waals surface area contributed by atoms with Crippen LogP contribution in [0.3, 0.4) is 0 Å². The summed E-state index contributed by atoms with van der Waals surface area (Å²) in [6.45, 7) is 0. The van der Waals surface area contributed by atoms with Gasteiger partial charge in [-0.05, 0) is 57.8 Å². The third-order valence-corrected chi connectivity index (χ3v) is 3.50. The number of benzene rings is 2. The third kappa shape index (κ3) is 3.38. The highest BCUT2D eigenvalue weighted by Gasteiger charge is 2.11. The Hall–Kier alpha value is -1.83. The molecule has 5 nitrogen and oxygen atoms in total. The fourth-order valence-corrected chi connectivity index (χ4v) is 2.27. The van der Waals surface area contributed by atoms with Crippen LogP contribution in [-0.4, -0.2) is 19.1 Å². The Morgan fingerprint density at radius 3 is 2.15 bits per heavy atom. The molecule has 0 aliphatic rings. The Morgan fingerprint density at radius 1 is 1.00 bits per heavy atom. The molecule has 2 aromatic carbocycles. The van der Waals surface area contributed by atoms with E-state index < -0.39 is 0 Å². The van der Waals surface area contributed by atoms with Crippen LogP contribution in [0.1, 0.15) is 0 Å². The van der Waals surface area contributed by atoms with Crippen LogP contribution in [0.5, 0.6) is 11.5 Å². The van der Waals surface area contributed by atoms with Crippen LogP contribution in [-0.2, 0) is 0 Å². The van der Waals surface area contributed by atoms with Crippen LogP contribution in [0.4, 0.5) is 11.4 Å². The number of halogens is 1. The Kier molecular flexibility index (Phi) is 4.78. The van der Waals surface area contributed by atoms with Crippen LogP contribution in [0, 0.1) is 8.78 Å². The number of azo groups is 1. The molecule has 0 amide bonds. The zero-order valence-corrected chi connectivity index (χ0v) is 13.2. The van der Waals surface area contributed by atoms with E-state index in [1.54, 1.807) is 56.7 Å². The van der Waals surface area contributed by atoms with Gasteiger partial charge in [0.25, 0.3) is 5.69 Å². The van der Waals surface area contributed by atoms with Gasteiger partial charge in [-0.2, -0.15) is 0 Å². The molecule has 0 aliphatic heterocycles. The molecule has 0 saturated carbocycles. The van der Waals surface area contributed by atoms with Gasteiger partial charge in [0.05, 0.1) is 17.8 Å². The van der Waals surface area contributed by atoms with E-state index in [9.17, 15) is 5.21 Å². The predicted octanol–water partition coefficient (Wildman–Crippen LogP) is 4.23. The molecule has 0 atom stereocenters. The molecule has 20 heavy (non-hydrogen) atoms. The van der Waals surface area contributed by atoms with Crippen molar-refractivity contribution in [2.24, 2.45) is 5.11 Å². The molecule has 0 bridgehead atoms. The molecule has 104 valence electrons. The van der Waals surface area contributed by atoms with E-state index in [0.29, 0.717) is 22.0 Å². The second-order valence-electron chi connectivity index (χ2n) is 3.89. The zero-order valence-electron chi connectivity index (χ0n) is 11.0. The molecule has 0 aromatic heterocycles. The van der Waals surface area contributed by atoms with Gasteiger partial charge in [0.1, 0.15) is 17.2 Å². The predicted molar refractivity (Wildman–Crippen MR) is 84.1 cm³/mol. The number of methoxy groups -OCH3 is 2. The highest BCUT2D eigenvalue weighted by molar-refractivity contribution is 14.1. The first kappa shape index (κ1) is 14.6. The molecule has 0 saturated heterocycles. The van der Waals surface area contributed by atoms with Gasteiger partial charge < -0.3 is 14.7 Å². The monoisotopic (exact) mass is 384 g/mol. The van der Waals surface area contributed by atoms with Gasteiger partial charge in [-0.25, -0.2) is 0 Å². The SMILES string of the molecule is COc1ccc(N=[N+]([O-])c2ccc(OC)cc2I)cc1. The maximum absolute atomic E-state index is 12.1. The van der Waals surface area contributed by atoms with Crippen molar-refractivity contribution >= 4 is 34.0 Å². The summed E-state index contributed by atoms with van der Waals surface area (Å²) >= 11 is 2.08. The molecule has 2 rings (SSSR count). The van der Waals surface area contributed by atoms with Gasteiger partial charge in [-0.3, -0.25) is 0 Å². The molecule has 2 aromatic rings. The average Bonchev–Trinajstić information content (AvgIpc) is 2.47. The van der Waals surface area contributed by atoms with Gasteiger partial charge >= 0.3 is 0 Å². The van der Waals surface area contributed by atoms with Crippen molar-refractivity contribution in [3.63, 3.8) is 0 Å². The summed E-state index contributed by atoms with van der Waals surface area (Å²) in [5.41, 5.74) is 1.04. The molecule has 0 heterocycles. The quantitative estimate of drug-likeness (QED) is 0.343. The second-order valence-corrected chi connectivity index (χ2v) is 5.05. The summed E-state index contributed by atoms with van der Waals surface area (Å²) in [5, 5.41) is 16.1. The van der Waals surface area contributed by atoms with E-state index in [0.717, 1.165) is 9.32 Å². The van der Waals surface area contributed by atoms with E-state index in [1.165, 1.54) is 0 Å². The van der Waals surface area contributed by atoms with Crippen LogP contribution in [0.15, 0.2) is 47.6 Å². The maximum atomic E-state index is 12.1. The lowest BCUT2D eigenvalue weighted by Gasteiger charge is -2.04. The summed E-state index contributed by atoms with van der Waals surface area (Å²) in [7, 11) is 3.17. The topological polar surface area (TPSA) is 56.9 Å². The van der Waals surface area contributed by atoms with Gasteiger partial charge in [-0.15, -0.1) is 0 Å². The van der Waals surface area contributed by atoms with E-state index in [4.69, 9.17) is 9.47 Å². The largest absolute Gasteiger partial charge is 0.594 e. The van der Waals surface area contributed by atoms with Crippen molar-refractivity contribution in [1.82, 2.24) is 0 Å². The highest BCUT2D eigenvalue weighted by atomic mass is 127. The molecule has 0 spiro atoms. The number of rotatable bonds is 4. The van der Waals surface area contributed by atoms with Gasteiger partial charge in [-0.1, -0.05) is 0 Å². The fraction of sp³-hybridized carbons (Fsp3) is 0.143. The normalized spacial score (nSPS) is 11.2. The lowest BCUT2D eigenvalue weighted by atomic mass is 10.3. The fourth-order valence-electron chi connectivity index (χ4n) is 1.58. The molecular formula is C14H13IN2O3. The van der Waals surface area contributed by atoms with Crippen LogP contribution in [0.2, 0.25) is 0 Å². The maximum Gasteiger partial charge on any atom is 0.258 e.